The molecule has 0 amide bonds. The van der Waals surface area contributed by atoms with Crippen molar-refractivity contribution in [3.63, 3.8) is 0 Å². The minimum Gasteiger partial charge on any atom is -0.327 e. The molecule has 0 unspecified atom stereocenters. The summed E-state index contributed by atoms with van der Waals surface area (Å²) in [5, 5.41) is 0. The van der Waals surface area contributed by atoms with E-state index >= 15 is 0 Å². The smallest absolute Gasteiger partial charge is 0.0192 e. The first kappa shape index (κ1) is 8.02. The second kappa shape index (κ2) is 1.95. The van der Waals surface area contributed by atoms with E-state index in [4.69, 9.17) is 11.5 Å². The first-order valence-electron chi connectivity index (χ1n) is 3.92. The first-order valence-corrected chi connectivity index (χ1v) is 3.92. The molecule has 1 aliphatic rings. The topological polar surface area (TPSA) is 52.0 Å². The van der Waals surface area contributed by atoms with Gasteiger partial charge in [0.05, 0.1) is 0 Å². The largest absolute Gasteiger partial charge is 0.327 e. The van der Waals surface area contributed by atoms with Gasteiger partial charge in [-0.3, -0.25) is 0 Å². The minimum atomic E-state index is -0.0631. The Bertz CT molecular complexity index is 138. The van der Waals surface area contributed by atoms with Crippen LogP contribution in [-0.4, -0.2) is 11.6 Å². The fraction of sp³-hybridized carbons (Fsp3) is 1.00. The maximum Gasteiger partial charge on any atom is 0.0192 e. The van der Waals surface area contributed by atoms with E-state index in [0.717, 1.165) is 12.8 Å². The number of hydrogen-bond acceptors (Lipinski definition) is 2. The zero-order chi connectivity index (χ0) is 7.99. The predicted molar refractivity (Wildman–Crippen MR) is 43.6 cm³/mol. The third-order valence-electron chi connectivity index (χ3n) is 3.37. The Balaban J connectivity index is 2.84. The first-order chi connectivity index (χ1) is 4.38. The van der Waals surface area contributed by atoms with Crippen molar-refractivity contribution in [3.05, 3.63) is 0 Å². The lowest BCUT2D eigenvalue weighted by Crippen LogP contribution is -2.51. The normalized spacial score (nSPS) is 45.9. The molecule has 0 aromatic heterocycles. The maximum absolute atomic E-state index is 6.07. The highest BCUT2D eigenvalue weighted by Crippen LogP contribution is 2.42. The quantitative estimate of drug-likeness (QED) is 0.527. The van der Waals surface area contributed by atoms with Crippen molar-refractivity contribution in [1.29, 1.82) is 0 Å². The molecule has 0 spiro atoms. The van der Waals surface area contributed by atoms with E-state index in [-0.39, 0.29) is 17.0 Å². The van der Waals surface area contributed by atoms with Crippen molar-refractivity contribution >= 4 is 0 Å². The van der Waals surface area contributed by atoms with Crippen molar-refractivity contribution in [1.82, 2.24) is 0 Å². The third kappa shape index (κ3) is 0.867. The van der Waals surface area contributed by atoms with Crippen molar-refractivity contribution < 1.29 is 0 Å². The van der Waals surface area contributed by atoms with Gasteiger partial charge in [0.1, 0.15) is 0 Å². The summed E-state index contributed by atoms with van der Waals surface area (Å²) in [4.78, 5) is 0. The maximum atomic E-state index is 6.07. The average molecular weight is 142 g/mol. The molecular formula is C8H18N2. The molecule has 0 aliphatic heterocycles. The lowest BCUT2D eigenvalue weighted by molar-refractivity contribution is 0.207. The van der Waals surface area contributed by atoms with Crippen LogP contribution in [0, 0.1) is 5.41 Å². The van der Waals surface area contributed by atoms with Crippen molar-refractivity contribution in [2.24, 2.45) is 16.9 Å². The van der Waals surface area contributed by atoms with E-state index in [2.05, 4.69) is 20.8 Å². The van der Waals surface area contributed by atoms with Gasteiger partial charge in [0.2, 0.25) is 0 Å². The monoisotopic (exact) mass is 142 g/mol. The highest BCUT2D eigenvalue weighted by atomic mass is 14.9. The molecule has 60 valence electrons. The summed E-state index contributed by atoms with van der Waals surface area (Å²) in [7, 11) is 0. The van der Waals surface area contributed by atoms with Gasteiger partial charge < -0.3 is 11.5 Å². The number of nitrogens with two attached hydrogens (primary N) is 2. The molecule has 2 nitrogen and oxygen atoms in total. The Labute approximate surface area is 63.0 Å². The second-order valence-corrected chi connectivity index (χ2v) is 4.28. The van der Waals surface area contributed by atoms with Gasteiger partial charge in [-0.1, -0.05) is 13.8 Å². The molecule has 0 radical (unpaired) electrons. The summed E-state index contributed by atoms with van der Waals surface area (Å²) in [6.45, 7) is 6.41. The van der Waals surface area contributed by atoms with E-state index in [1.807, 2.05) is 0 Å². The van der Waals surface area contributed by atoms with Crippen LogP contribution in [0.25, 0.3) is 0 Å². The van der Waals surface area contributed by atoms with Crippen LogP contribution in [0.2, 0.25) is 0 Å². The zero-order valence-electron chi connectivity index (χ0n) is 7.15. The highest BCUT2D eigenvalue weighted by Gasteiger charge is 2.47. The molecule has 2 atom stereocenters. The van der Waals surface area contributed by atoms with Gasteiger partial charge in [0.15, 0.2) is 0 Å². The Morgan fingerprint density at radius 1 is 1.30 bits per heavy atom. The minimum absolute atomic E-state index is 0.0631. The molecule has 10 heavy (non-hydrogen) atoms. The molecule has 0 aromatic carbocycles. The van der Waals surface area contributed by atoms with E-state index in [0.29, 0.717) is 0 Å². The van der Waals surface area contributed by atoms with Crippen molar-refractivity contribution in [3.8, 4) is 0 Å². The van der Waals surface area contributed by atoms with Gasteiger partial charge in [-0.05, 0) is 25.2 Å². The van der Waals surface area contributed by atoms with Crippen LogP contribution in [0.1, 0.15) is 33.6 Å². The Morgan fingerprint density at radius 3 is 1.90 bits per heavy atom. The van der Waals surface area contributed by atoms with Crippen molar-refractivity contribution in [2.45, 2.75) is 45.2 Å². The van der Waals surface area contributed by atoms with Crippen LogP contribution >= 0.6 is 0 Å². The van der Waals surface area contributed by atoms with Crippen LogP contribution in [-0.2, 0) is 0 Å². The van der Waals surface area contributed by atoms with Crippen LogP contribution < -0.4 is 11.5 Å². The van der Waals surface area contributed by atoms with Crippen molar-refractivity contribution in [2.75, 3.05) is 0 Å². The van der Waals surface area contributed by atoms with Gasteiger partial charge in [-0.25, -0.2) is 0 Å². The lowest BCUT2D eigenvalue weighted by Gasteiger charge is -2.37. The zero-order valence-corrected chi connectivity index (χ0v) is 7.15. The molecule has 0 bridgehead atoms. The molecule has 1 saturated carbocycles. The molecular weight excluding hydrogens is 124 g/mol. The van der Waals surface area contributed by atoms with Gasteiger partial charge >= 0.3 is 0 Å². The predicted octanol–water partition coefficient (Wildman–Crippen LogP) is 0.851. The molecule has 4 N–H and O–H groups in total. The fourth-order valence-electron chi connectivity index (χ4n) is 1.56. The third-order valence-corrected chi connectivity index (χ3v) is 3.37. The number of hydrogen-bond donors (Lipinski definition) is 2. The van der Waals surface area contributed by atoms with Crippen LogP contribution in [0.15, 0.2) is 0 Å². The van der Waals surface area contributed by atoms with E-state index in [1.54, 1.807) is 0 Å². The van der Waals surface area contributed by atoms with Gasteiger partial charge in [-0.15, -0.1) is 0 Å². The Kier molecular flexibility index (Phi) is 1.57. The molecule has 1 aliphatic carbocycles. The summed E-state index contributed by atoms with van der Waals surface area (Å²) in [5.41, 5.74) is 12.0. The van der Waals surface area contributed by atoms with E-state index < -0.39 is 0 Å². The molecule has 1 rings (SSSR count). The summed E-state index contributed by atoms with van der Waals surface area (Å²) < 4.78 is 0. The summed E-state index contributed by atoms with van der Waals surface area (Å²) >= 11 is 0. The summed E-state index contributed by atoms with van der Waals surface area (Å²) in [6.07, 6.45) is 2.13. The molecule has 0 saturated heterocycles. The lowest BCUT2D eigenvalue weighted by atomic mass is 9.75. The van der Waals surface area contributed by atoms with Gasteiger partial charge in [0.25, 0.3) is 0 Å². The molecule has 2 heteroatoms. The second-order valence-electron chi connectivity index (χ2n) is 4.28. The van der Waals surface area contributed by atoms with Gasteiger partial charge in [0, 0.05) is 11.6 Å². The van der Waals surface area contributed by atoms with Crippen LogP contribution in [0.4, 0.5) is 0 Å². The highest BCUT2D eigenvalue weighted by molar-refractivity contribution is 5.06. The summed E-state index contributed by atoms with van der Waals surface area (Å²) in [6, 6.07) is 0.280. The molecule has 0 heterocycles. The Hall–Kier alpha value is -0.0800. The van der Waals surface area contributed by atoms with E-state index in [9.17, 15) is 0 Å². The molecule has 1 fully saturated rings. The van der Waals surface area contributed by atoms with Crippen LogP contribution in [0.3, 0.4) is 0 Å². The van der Waals surface area contributed by atoms with Crippen LogP contribution in [0.5, 0.6) is 0 Å². The van der Waals surface area contributed by atoms with E-state index in [1.165, 1.54) is 0 Å². The fourth-order valence-corrected chi connectivity index (χ4v) is 1.56. The Morgan fingerprint density at radius 2 is 1.80 bits per heavy atom. The molecule has 0 aromatic rings. The standard InChI is InChI=1S/C8H18N2/c1-7(2)6(9)4-5-8(7,3)10/h6H,4-5,9-10H2,1-3H3/t6-,8-/m1/s1. The van der Waals surface area contributed by atoms with Gasteiger partial charge in [-0.2, -0.15) is 0 Å². The SMILES string of the molecule is CC1(C)[C@H](N)CC[C@@]1(C)N. The average Bonchev–Trinajstić information content (AvgIpc) is 1.94. The summed E-state index contributed by atoms with van der Waals surface area (Å²) in [5.74, 6) is 0. The number of rotatable bonds is 0.